The number of hydrogen-bond acceptors (Lipinski definition) is 4. The molecule has 1 aromatic heterocycles. The average Bonchev–Trinajstić information content (AvgIpc) is 3.22. The van der Waals surface area contributed by atoms with Gasteiger partial charge in [-0.05, 0) is 31.0 Å². The zero-order valence-corrected chi connectivity index (χ0v) is 10.8. The second-order valence-electron chi connectivity index (χ2n) is 4.54. The summed E-state index contributed by atoms with van der Waals surface area (Å²) in [5.41, 5.74) is 4.06. The topological polar surface area (TPSA) is 63.8 Å². The molecular formula is C13H12ClFN4. The zero-order valence-electron chi connectivity index (χ0n) is 10.0. The van der Waals surface area contributed by atoms with Gasteiger partial charge in [0.1, 0.15) is 11.6 Å². The molecule has 1 aliphatic rings. The van der Waals surface area contributed by atoms with Gasteiger partial charge in [-0.3, -0.25) is 0 Å². The third kappa shape index (κ3) is 2.52. The number of nitrogen functional groups attached to an aromatic ring is 1. The zero-order chi connectivity index (χ0) is 13.4. The minimum absolute atomic E-state index is 0.288. The minimum atomic E-state index is -0.385. The fourth-order valence-corrected chi connectivity index (χ4v) is 2.17. The Hall–Kier alpha value is -1.72. The van der Waals surface area contributed by atoms with E-state index in [1.54, 1.807) is 6.07 Å². The lowest BCUT2D eigenvalue weighted by molar-refractivity contribution is 0.628. The molecule has 6 heteroatoms. The van der Waals surface area contributed by atoms with Crippen LogP contribution >= 0.6 is 11.6 Å². The molecule has 0 amide bonds. The third-order valence-electron chi connectivity index (χ3n) is 3.06. The van der Waals surface area contributed by atoms with Crippen LogP contribution in [0, 0.1) is 5.82 Å². The molecule has 1 saturated carbocycles. The second-order valence-corrected chi connectivity index (χ2v) is 4.95. The molecule has 1 aliphatic carbocycles. The molecular weight excluding hydrogens is 267 g/mol. The summed E-state index contributed by atoms with van der Waals surface area (Å²) < 4.78 is 13.1. The molecule has 1 aromatic carbocycles. The maximum absolute atomic E-state index is 13.1. The van der Waals surface area contributed by atoms with Crippen molar-refractivity contribution < 1.29 is 4.39 Å². The summed E-state index contributed by atoms with van der Waals surface area (Å²) in [5.74, 6) is 6.49. The maximum atomic E-state index is 13.1. The predicted molar refractivity (Wildman–Crippen MR) is 72.2 cm³/mol. The highest BCUT2D eigenvalue weighted by Gasteiger charge is 2.26. The van der Waals surface area contributed by atoms with Crippen molar-refractivity contribution in [3.05, 3.63) is 40.8 Å². The van der Waals surface area contributed by atoms with Crippen LogP contribution in [0.1, 0.15) is 24.5 Å². The molecule has 3 rings (SSSR count). The van der Waals surface area contributed by atoms with Gasteiger partial charge in [0.2, 0.25) is 0 Å². The van der Waals surface area contributed by atoms with Crippen LogP contribution in [0.5, 0.6) is 0 Å². The summed E-state index contributed by atoms with van der Waals surface area (Å²) in [6.45, 7) is 0. The maximum Gasteiger partial charge on any atom is 0.163 e. The van der Waals surface area contributed by atoms with E-state index in [2.05, 4.69) is 15.4 Å². The first-order chi connectivity index (χ1) is 9.17. The van der Waals surface area contributed by atoms with E-state index in [1.807, 2.05) is 6.07 Å². The third-order valence-corrected chi connectivity index (χ3v) is 3.37. The summed E-state index contributed by atoms with van der Waals surface area (Å²) >= 11 is 6.04. The van der Waals surface area contributed by atoms with Gasteiger partial charge in [-0.1, -0.05) is 11.6 Å². The first-order valence-corrected chi connectivity index (χ1v) is 6.36. The fraction of sp³-hybridized carbons (Fsp3) is 0.231. The molecule has 0 spiro atoms. The number of nitrogens with one attached hydrogen (secondary N) is 1. The summed E-state index contributed by atoms with van der Waals surface area (Å²) in [6.07, 6.45) is 2.25. The van der Waals surface area contributed by atoms with Crippen molar-refractivity contribution in [1.82, 2.24) is 9.97 Å². The Balaban J connectivity index is 2.10. The van der Waals surface area contributed by atoms with Crippen LogP contribution in [0.4, 0.5) is 10.2 Å². The smallest absolute Gasteiger partial charge is 0.163 e. The number of nitrogens with zero attached hydrogens (tertiary/aromatic N) is 2. The number of hydrogen-bond donors (Lipinski definition) is 2. The van der Waals surface area contributed by atoms with Gasteiger partial charge in [0.25, 0.3) is 0 Å². The van der Waals surface area contributed by atoms with Crippen LogP contribution in [0.25, 0.3) is 11.4 Å². The molecule has 4 nitrogen and oxygen atoms in total. The second kappa shape index (κ2) is 4.75. The van der Waals surface area contributed by atoms with Gasteiger partial charge < -0.3 is 5.43 Å². The monoisotopic (exact) mass is 278 g/mol. The standard InChI is InChI=1S/C13H12ClFN4/c14-10-5-8(15)3-4-9(10)13-17-11(7-1-2-7)6-12(18-13)19-16/h3-7H,1-2,16H2,(H,17,18,19). The molecule has 1 heterocycles. The molecule has 19 heavy (non-hydrogen) atoms. The van der Waals surface area contributed by atoms with E-state index >= 15 is 0 Å². The van der Waals surface area contributed by atoms with Crippen molar-refractivity contribution in [2.24, 2.45) is 5.84 Å². The molecule has 2 aromatic rings. The Morgan fingerprint density at radius 2 is 2.05 bits per heavy atom. The number of nitrogens with two attached hydrogens (primary N) is 1. The van der Waals surface area contributed by atoms with Gasteiger partial charge in [0.05, 0.1) is 5.02 Å². The normalized spacial score (nSPS) is 14.5. The molecule has 0 saturated heterocycles. The average molecular weight is 279 g/mol. The molecule has 0 aliphatic heterocycles. The van der Waals surface area contributed by atoms with Gasteiger partial charge >= 0.3 is 0 Å². The van der Waals surface area contributed by atoms with E-state index in [0.717, 1.165) is 18.5 Å². The first-order valence-electron chi connectivity index (χ1n) is 5.98. The Labute approximate surface area is 114 Å². The molecule has 0 bridgehead atoms. The minimum Gasteiger partial charge on any atom is -0.308 e. The van der Waals surface area contributed by atoms with E-state index in [0.29, 0.717) is 23.1 Å². The van der Waals surface area contributed by atoms with Crippen LogP contribution < -0.4 is 11.3 Å². The Bertz CT molecular complexity index is 628. The van der Waals surface area contributed by atoms with Gasteiger partial charge in [-0.25, -0.2) is 20.2 Å². The van der Waals surface area contributed by atoms with Crippen LogP contribution in [0.2, 0.25) is 5.02 Å². The Morgan fingerprint density at radius 3 is 2.68 bits per heavy atom. The SMILES string of the molecule is NNc1cc(C2CC2)nc(-c2ccc(F)cc2Cl)n1. The van der Waals surface area contributed by atoms with E-state index < -0.39 is 0 Å². The molecule has 1 fully saturated rings. The molecule has 0 atom stereocenters. The van der Waals surface area contributed by atoms with E-state index in [9.17, 15) is 4.39 Å². The van der Waals surface area contributed by atoms with Gasteiger partial charge in [-0.2, -0.15) is 0 Å². The molecule has 3 N–H and O–H groups in total. The van der Waals surface area contributed by atoms with Crippen molar-refractivity contribution in [3.63, 3.8) is 0 Å². The lowest BCUT2D eigenvalue weighted by atomic mass is 10.2. The highest BCUT2D eigenvalue weighted by atomic mass is 35.5. The summed E-state index contributed by atoms with van der Waals surface area (Å²) in [7, 11) is 0. The van der Waals surface area contributed by atoms with E-state index in [1.165, 1.54) is 12.1 Å². The summed E-state index contributed by atoms with van der Waals surface area (Å²) in [4.78, 5) is 8.76. The van der Waals surface area contributed by atoms with Gasteiger partial charge in [-0.15, -0.1) is 0 Å². The highest BCUT2D eigenvalue weighted by molar-refractivity contribution is 6.33. The Morgan fingerprint density at radius 1 is 1.26 bits per heavy atom. The lowest BCUT2D eigenvalue weighted by Crippen LogP contribution is -2.10. The quantitative estimate of drug-likeness (QED) is 0.669. The Kier molecular flexibility index (Phi) is 3.08. The van der Waals surface area contributed by atoms with E-state index in [4.69, 9.17) is 17.4 Å². The van der Waals surface area contributed by atoms with Crippen LogP contribution in [-0.4, -0.2) is 9.97 Å². The van der Waals surface area contributed by atoms with Crippen LogP contribution in [0.15, 0.2) is 24.3 Å². The van der Waals surface area contributed by atoms with Crippen molar-refractivity contribution in [3.8, 4) is 11.4 Å². The number of hydrazine groups is 1. The summed E-state index contributed by atoms with van der Waals surface area (Å²) in [6, 6.07) is 5.99. The first kappa shape index (κ1) is 12.3. The predicted octanol–water partition coefficient (Wildman–Crippen LogP) is 3.10. The van der Waals surface area contributed by atoms with Crippen molar-refractivity contribution in [2.45, 2.75) is 18.8 Å². The molecule has 0 unspecified atom stereocenters. The largest absolute Gasteiger partial charge is 0.308 e. The number of anilines is 1. The molecule has 98 valence electrons. The van der Waals surface area contributed by atoms with Crippen LogP contribution in [0.3, 0.4) is 0 Å². The van der Waals surface area contributed by atoms with Crippen LogP contribution in [-0.2, 0) is 0 Å². The van der Waals surface area contributed by atoms with Gasteiger partial charge in [0, 0.05) is 23.2 Å². The fourth-order valence-electron chi connectivity index (χ4n) is 1.92. The van der Waals surface area contributed by atoms with Gasteiger partial charge in [0.15, 0.2) is 5.82 Å². The summed E-state index contributed by atoms with van der Waals surface area (Å²) in [5, 5.41) is 0.288. The van der Waals surface area contributed by atoms with Crippen molar-refractivity contribution in [1.29, 1.82) is 0 Å². The highest BCUT2D eigenvalue weighted by Crippen LogP contribution is 2.40. The lowest BCUT2D eigenvalue weighted by Gasteiger charge is -2.08. The number of rotatable bonds is 3. The molecule has 0 radical (unpaired) electrons. The number of aromatic nitrogens is 2. The number of benzene rings is 1. The van der Waals surface area contributed by atoms with E-state index in [-0.39, 0.29) is 10.8 Å². The van der Waals surface area contributed by atoms with Crippen molar-refractivity contribution >= 4 is 17.4 Å². The van der Waals surface area contributed by atoms with Crippen molar-refractivity contribution in [2.75, 3.05) is 5.43 Å². The number of halogens is 2.